The highest BCUT2D eigenvalue weighted by molar-refractivity contribution is 6.36. The lowest BCUT2D eigenvalue weighted by Gasteiger charge is -2.26. The summed E-state index contributed by atoms with van der Waals surface area (Å²) in [4.78, 5) is 44.1. The van der Waals surface area contributed by atoms with Crippen molar-refractivity contribution in [3.05, 3.63) is 53.3 Å². The quantitative estimate of drug-likeness (QED) is 0.784. The van der Waals surface area contributed by atoms with Crippen molar-refractivity contribution in [2.75, 3.05) is 29.9 Å². The summed E-state index contributed by atoms with van der Waals surface area (Å²) in [6, 6.07) is 8.80. The molecule has 4 rings (SSSR count). The van der Waals surface area contributed by atoms with Crippen molar-refractivity contribution in [1.29, 1.82) is 0 Å². The van der Waals surface area contributed by atoms with Gasteiger partial charge in [-0.15, -0.1) is 0 Å². The number of carbonyl (C=O) groups is 3. The van der Waals surface area contributed by atoms with Gasteiger partial charge < -0.3 is 15.5 Å². The molecule has 2 aliphatic rings. The molecule has 1 unspecified atom stereocenters. The number of rotatable bonds is 3. The molecule has 1 atom stereocenters. The number of benzene rings is 1. The van der Waals surface area contributed by atoms with Gasteiger partial charge in [0.15, 0.2) is 0 Å². The first-order valence-electron chi connectivity index (χ1n) is 8.43. The van der Waals surface area contributed by atoms with Crippen LogP contribution in [0.4, 0.5) is 16.2 Å². The summed E-state index contributed by atoms with van der Waals surface area (Å²) in [5.41, 5.74) is 1.02. The van der Waals surface area contributed by atoms with Gasteiger partial charge in [-0.05, 0) is 30.3 Å². The summed E-state index contributed by atoms with van der Waals surface area (Å²) in [5.74, 6) is -0.685. The van der Waals surface area contributed by atoms with Crippen molar-refractivity contribution in [2.24, 2.45) is 0 Å². The fraction of sp³-hybridized carbons (Fsp3) is 0.222. The molecule has 0 aliphatic carbocycles. The molecule has 0 spiro atoms. The van der Waals surface area contributed by atoms with Crippen LogP contribution in [0.2, 0.25) is 5.02 Å². The van der Waals surface area contributed by atoms with E-state index >= 15 is 0 Å². The minimum Gasteiger partial charge on any atom is -0.321 e. The van der Waals surface area contributed by atoms with Gasteiger partial charge in [-0.2, -0.15) is 0 Å². The van der Waals surface area contributed by atoms with Crippen molar-refractivity contribution >= 4 is 40.8 Å². The second-order valence-corrected chi connectivity index (χ2v) is 6.61. The number of nitrogens with zero attached hydrogens (tertiary/aromatic N) is 3. The summed E-state index contributed by atoms with van der Waals surface area (Å²) in [6.07, 6.45) is 1.53. The first-order chi connectivity index (χ1) is 13.1. The predicted molar refractivity (Wildman–Crippen MR) is 99.9 cm³/mol. The van der Waals surface area contributed by atoms with E-state index in [0.29, 0.717) is 31.0 Å². The Morgan fingerprint density at radius 1 is 1.26 bits per heavy atom. The first kappa shape index (κ1) is 17.4. The van der Waals surface area contributed by atoms with Gasteiger partial charge in [-0.1, -0.05) is 17.7 Å². The van der Waals surface area contributed by atoms with E-state index in [4.69, 9.17) is 11.6 Å². The monoisotopic (exact) mass is 385 g/mol. The number of amides is 4. The molecule has 1 aromatic heterocycles. The average Bonchev–Trinajstić information content (AvgIpc) is 2.94. The Morgan fingerprint density at radius 2 is 2.11 bits per heavy atom. The molecule has 9 heteroatoms. The average molecular weight is 386 g/mol. The number of nitrogens with one attached hydrogen (secondary N) is 2. The minimum atomic E-state index is -0.508. The highest BCUT2D eigenvalue weighted by Gasteiger charge is 2.47. The summed E-state index contributed by atoms with van der Waals surface area (Å²) < 4.78 is 0. The third kappa shape index (κ3) is 3.13. The molecule has 2 saturated heterocycles. The standard InChI is InChI=1S/C18H16ClN5O3/c19-12-9-11(22-16(25)13-3-1-2-6-21-13)4-5-14(12)24-17(26)15-10-20-7-8-23(15)18(24)27/h1-6,9,15,20H,7-8,10H2,(H,22,25). The van der Waals surface area contributed by atoms with Crippen LogP contribution in [-0.2, 0) is 4.79 Å². The molecule has 2 fully saturated rings. The summed E-state index contributed by atoms with van der Waals surface area (Å²) in [7, 11) is 0. The Balaban J connectivity index is 1.56. The van der Waals surface area contributed by atoms with Gasteiger partial charge >= 0.3 is 6.03 Å². The maximum atomic E-state index is 12.6. The van der Waals surface area contributed by atoms with Gasteiger partial charge in [0.25, 0.3) is 11.8 Å². The number of hydrogen-bond acceptors (Lipinski definition) is 5. The van der Waals surface area contributed by atoms with Gasteiger partial charge in [-0.3, -0.25) is 14.6 Å². The number of piperazine rings is 1. The lowest BCUT2D eigenvalue weighted by Crippen LogP contribution is -2.51. The predicted octanol–water partition coefficient (Wildman–Crippen LogP) is 1.73. The molecule has 0 bridgehead atoms. The second kappa shape index (κ2) is 6.98. The molecule has 1 aromatic carbocycles. The zero-order chi connectivity index (χ0) is 19.0. The summed E-state index contributed by atoms with van der Waals surface area (Å²) in [6.45, 7) is 1.55. The van der Waals surface area contributed by atoms with Gasteiger partial charge in [0.2, 0.25) is 0 Å². The number of anilines is 2. The second-order valence-electron chi connectivity index (χ2n) is 6.20. The van der Waals surface area contributed by atoms with Crippen LogP contribution in [0.5, 0.6) is 0 Å². The molecule has 2 aliphatic heterocycles. The zero-order valence-electron chi connectivity index (χ0n) is 14.2. The highest BCUT2D eigenvalue weighted by atomic mass is 35.5. The molecule has 8 nitrogen and oxygen atoms in total. The largest absolute Gasteiger partial charge is 0.332 e. The van der Waals surface area contributed by atoms with Gasteiger partial charge in [0.05, 0.1) is 10.7 Å². The molecule has 3 heterocycles. The van der Waals surface area contributed by atoms with Crippen LogP contribution >= 0.6 is 11.6 Å². The number of hydrogen-bond donors (Lipinski definition) is 2. The minimum absolute atomic E-state index is 0.198. The number of aromatic nitrogens is 1. The van der Waals surface area contributed by atoms with E-state index in [2.05, 4.69) is 15.6 Å². The number of halogens is 1. The number of imide groups is 1. The number of carbonyl (C=O) groups excluding carboxylic acids is 3. The Hall–Kier alpha value is -2.97. The Bertz CT molecular complexity index is 896. The van der Waals surface area contributed by atoms with Crippen molar-refractivity contribution in [1.82, 2.24) is 15.2 Å². The van der Waals surface area contributed by atoms with Crippen LogP contribution in [0.25, 0.3) is 0 Å². The van der Waals surface area contributed by atoms with E-state index in [-0.39, 0.29) is 28.6 Å². The molecule has 138 valence electrons. The molecule has 2 N–H and O–H groups in total. The Morgan fingerprint density at radius 3 is 2.81 bits per heavy atom. The Kier molecular flexibility index (Phi) is 4.51. The molecule has 0 saturated carbocycles. The highest BCUT2D eigenvalue weighted by Crippen LogP contribution is 2.33. The van der Waals surface area contributed by atoms with Gasteiger partial charge in [0.1, 0.15) is 11.7 Å². The summed E-state index contributed by atoms with van der Waals surface area (Å²) >= 11 is 6.32. The van der Waals surface area contributed by atoms with E-state index in [1.54, 1.807) is 35.2 Å². The van der Waals surface area contributed by atoms with E-state index in [1.807, 2.05) is 0 Å². The lowest BCUT2D eigenvalue weighted by atomic mass is 10.2. The van der Waals surface area contributed by atoms with Crippen molar-refractivity contribution in [2.45, 2.75) is 6.04 Å². The van der Waals surface area contributed by atoms with Crippen LogP contribution < -0.4 is 15.5 Å². The van der Waals surface area contributed by atoms with Crippen LogP contribution in [0.15, 0.2) is 42.6 Å². The number of urea groups is 1. The van der Waals surface area contributed by atoms with E-state index in [9.17, 15) is 14.4 Å². The topological polar surface area (TPSA) is 94.6 Å². The molecule has 0 radical (unpaired) electrons. The Labute approximate surface area is 160 Å². The smallest absolute Gasteiger partial charge is 0.321 e. The first-order valence-corrected chi connectivity index (χ1v) is 8.81. The van der Waals surface area contributed by atoms with E-state index in [0.717, 1.165) is 4.90 Å². The maximum Gasteiger partial charge on any atom is 0.332 e. The van der Waals surface area contributed by atoms with Crippen LogP contribution in [0.3, 0.4) is 0 Å². The number of fused-ring (bicyclic) bond motifs is 1. The third-order valence-corrected chi connectivity index (χ3v) is 4.83. The van der Waals surface area contributed by atoms with Crippen LogP contribution in [-0.4, -0.2) is 53.4 Å². The maximum absolute atomic E-state index is 12.6. The molecular formula is C18H16ClN5O3. The normalized spacial score (nSPS) is 19.2. The lowest BCUT2D eigenvalue weighted by molar-refractivity contribution is -0.120. The van der Waals surface area contributed by atoms with E-state index < -0.39 is 6.04 Å². The van der Waals surface area contributed by atoms with Crippen molar-refractivity contribution < 1.29 is 14.4 Å². The summed E-state index contributed by atoms with van der Waals surface area (Å²) in [5, 5.41) is 6.00. The van der Waals surface area contributed by atoms with E-state index in [1.165, 1.54) is 12.3 Å². The third-order valence-electron chi connectivity index (χ3n) is 4.53. The zero-order valence-corrected chi connectivity index (χ0v) is 14.9. The molecule has 27 heavy (non-hydrogen) atoms. The number of pyridine rings is 1. The molecule has 4 amide bonds. The van der Waals surface area contributed by atoms with Gasteiger partial charge in [0, 0.05) is 31.5 Å². The SMILES string of the molecule is O=C(Nc1ccc(N2C(=O)C3CNCCN3C2=O)c(Cl)c1)c1ccccn1. The van der Waals surface area contributed by atoms with Crippen LogP contribution in [0, 0.1) is 0 Å². The molecule has 2 aromatic rings. The van der Waals surface area contributed by atoms with Gasteiger partial charge in [-0.25, -0.2) is 9.69 Å². The van der Waals surface area contributed by atoms with Crippen molar-refractivity contribution in [3.8, 4) is 0 Å². The molecular weight excluding hydrogens is 370 g/mol. The van der Waals surface area contributed by atoms with Crippen molar-refractivity contribution in [3.63, 3.8) is 0 Å². The van der Waals surface area contributed by atoms with Crippen LogP contribution in [0.1, 0.15) is 10.5 Å². The fourth-order valence-corrected chi connectivity index (χ4v) is 3.47. The fourth-order valence-electron chi connectivity index (χ4n) is 3.21.